The largest absolute Gasteiger partial charge is 0.345 e. The predicted octanol–water partition coefficient (Wildman–Crippen LogP) is 0.0520. The van der Waals surface area contributed by atoms with Crippen LogP contribution in [0.15, 0.2) is 6.33 Å². The van der Waals surface area contributed by atoms with Gasteiger partial charge in [0.05, 0.1) is 0 Å². The van der Waals surface area contributed by atoms with E-state index in [0.29, 0.717) is 12.5 Å². The molecule has 0 radical (unpaired) electrons. The number of nitrogens with two attached hydrogens (primary N) is 1. The van der Waals surface area contributed by atoms with E-state index in [1.165, 1.54) is 19.2 Å². The van der Waals surface area contributed by atoms with Gasteiger partial charge in [0, 0.05) is 12.6 Å². The van der Waals surface area contributed by atoms with Gasteiger partial charge in [-0.25, -0.2) is 4.98 Å². The van der Waals surface area contributed by atoms with Crippen molar-refractivity contribution < 1.29 is 4.79 Å². The highest BCUT2D eigenvalue weighted by atomic mass is 16.2. The molecule has 1 heterocycles. The molecular weight excluding hydrogens is 206 g/mol. The van der Waals surface area contributed by atoms with Crippen LogP contribution < -0.4 is 11.1 Å². The standard InChI is InChI=1S/C10H17N5O/c11-5-8(7-3-1-2-4-7)14-10(16)9-12-6-13-15-9/h6-8H,1-5,11H2,(H,14,16)(H,12,13,15). The first-order valence-electron chi connectivity index (χ1n) is 5.67. The Balaban J connectivity index is 1.93. The van der Waals surface area contributed by atoms with Crippen molar-refractivity contribution >= 4 is 5.91 Å². The van der Waals surface area contributed by atoms with Crippen molar-refractivity contribution in [2.45, 2.75) is 31.7 Å². The van der Waals surface area contributed by atoms with Crippen molar-refractivity contribution in [1.82, 2.24) is 20.5 Å². The minimum Gasteiger partial charge on any atom is -0.345 e. The van der Waals surface area contributed by atoms with Crippen LogP contribution in [-0.2, 0) is 0 Å². The number of hydrogen-bond acceptors (Lipinski definition) is 4. The lowest BCUT2D eigenvalue weighted by molar-refractivity contribution is 0.0914. The molecule has 88 valence electrons. The molecule has 1 saturated carbocycles. The molecule has 1 aliphatic rings. The van der Waals surface area contributed by atoms with Crippen LogP contribution >= 0.6 is 0 Å². The molecular formula is C10H17N5O. The van der Waals surface area contributed by atoms with Crippen LogP contribution in [0.25, 0.3) is 0 Å². The third-order valence-electron chi connectivity index (χ3n) is 3.17. The van der Waals surface area contributed by atoms with Gasteiger partial charge >= 0.3 is 0 Å². The van der Waals surface area contributed by atoms with E-state index in [2.05, 4.69) is 20.5 Å². The Hall–Kier alpha value is -1.43. The van der Waals surface area contributed by atoms with Crippen molar-refractivity contribution in [2.24, 2.45) is 11.7 Å². The van der Waals surface area contributed by atoms with E-state index in [4.69, 9.17) is 5.73 Å². The van der Waals surface area contributed by atoms with Gasteiger partial charge in [0.2, 0.25) is 5.82 Å². The lowest BCUT2D eigenvalue weighted by atomic mass is 9.98. The Labute approximate surface area is 94.0 Å². The fourth-order valence-corrected chi connectivity index (χ4v) is 2.28. The van der Waals surface area contributed by atoms with E-state index < -0.39 is 0 Å². The first-order valence-corrected chi connectivity index (χ1v) is 5.67. The number of rotatable bonds is 4. The molecule has 0 bridgehead atoms. The third-order valence-corrected chi connectivity index (χ3v) is 3.17. The van der Waals surface area contributed by atoms with E-state index in [0.717, 1.165) is 12.8 Å². The topological polar surface area (TPSA) is 96.7 Å². The van der Waals surface area contributed by atoms with Crippen LogP contribution in [0.5, 0.6) is 0 Å². The number of aromatic amines is 1. The molecule has 1 aromatic rings. The number of carbonyl (C=O) groups is 1. The Morgan fingerprint density at radius 1 is 1.62 bits per heavy atom. The minimum atomic E-state index is -0.222. The van der Waals surface area contributed by atoms with E-state index in [-0.39, 0.29) is 17.8 Å². The van der Waals surface area contributed by atoms with Crippen molar-refractivity contribution in [1.29, 1.82) is 0 Å². The minimum absolute atomic E-state index is 0.0556. The molecule has 6 heteroatoms. The second-order valence-electron chi connectivity index (χ2n) is 4.19. The van der Waals surface area contributed by atoms with Gasteiger partial charge in [-0.05, 0) is 18.8 Å². The van der Waals surface area contributed by atoms with Gasteiger partial charge in [-0.2, -0.15) is 5.10 Å². The molecule has 2 rings (SSSR count). The van der Waals surface area contributed by atoms with Crippen LogP contribution in [0, 0.1) is 5.92 Å². The lowest BCUT2D eigenvalue weighted by Gasteiger charge is -2.22. The maximum atomic E-state index is 11.7. The summed E-state index contributed by atoms with van der Waals surface area (Å²) < 4.78 is 0. The highest BCUT2D eigenvalue weighted by molar-refractivity contribution is 5.90. The number of carbonyl (C=O) groups excluding carboxylic acids is 1. The molecule has 1 aromatic heterocycles. The summed E-state index contributed by atoms with van der Waals surface area (Å²) in [7, 11) is 0. The zero-order chi connectivity index (χ0) is 11.4. The van der Waals surface area contributed by atoms with Crippen LogP contribution in [-0.4, -0.2) is 33.7 Å². The van der Waals surface area contributed by atoms with Crippen LogP contribution in [0.1, 0.15) is 36.3 Å². The number of nitrogens with zero attached hydrogens (tertiary/aromatic N) is 2. The lowest BCUT2D eigenvalue weighted by Crippen LogP contribution is -2.44. The second-order valence-corrected chi connectivity index (χ2v) is 4.19. The van der Waals surface area contributed by atoms with Gasteiger partial charge in [-0.3, -0.25) is 9.89 Å². The fraction of sp³-hybridized carbons (Fsp3) is 0.700. The summed E-state index contributed by atoms with van der Waals surface area (Å²) in [4.78, 5) is 15.5. The number of H-pyrrole nitrogens is 1. The molecule has 1 fully saturated rings. The zero-order valence-electron chi connectivity index (χ0n) is 9.15. The SMILES string of the molecule is NCC(NC(=O)c1ncn[nH]1)C1CCCC1. The first kappa shape index (κ1) is 11.1. The smallest absolute Gasteiger partial charge is 0.288 e. The summed E-state index contributed by atoms with van der Waals surface area (Å²) in [6, 6.07) is 0.0556. The maximum absolute atomic E-state index is 11.7. The fourth-order valence-electron chi connectivity index (χ4n) is 2.28. The van der Waals surface area contributed by atoms with Crippen LogP contribution in [0.4, 0.5) is 0 Å². The summed E-state index contributed by atoms with van der Waals surface area (Å²) in [5.41, 5.74) is 5.69. The molecule has 1 aliphatic carbocycles. The Morgan fingerprint density at radius 2 is 2.38 bits per heavy atom. The quantitative estimate of drug-likeness (QED) is 0.672. The number of aromatic nitrogens is 3. The summed E-state index contributed by atoms with van der Waals surface area (Å²) in [6.45, 7) is 0.477. The Morgan fingerprint density at radius 3 is 2.94 bits per heavy atom. The maximum Gasteiger partial charge on any atom is 0.288 e. The highest BCUT2D eigenvalue weighted by Crippen LogP contribution is 2.27. The van der Waals surface area contributed by atoms with Crippen LogP contribution in [0.3, 0.4) is 0 Å². The number of nitrogens with one attached hydrogen (secondary N) is 2. The zero-order valence-corrected chi connectivity index (χ0v) is 9.15. The van der Waals surface area contributed by atoms with Crippen molar-refractivity contribution in [3.05, 3.63) is 12.2 Å². The molecule has 6 nitrogen and oxygen atoms in total. The molecule has 4 N–H and O–H groups in total. The number of amides is 1. The van der Waals surface area contributed by atoms with Gasteiger partial charge in [0.15, 0.2) is 0 Å². The van der Waals surface area contributed by atoms with Crippen molar-refractivity contribution in [3.8, 4) is 0 Å². The van der Waals surface area contributed by atoms with Gasteiger partial charge in [0.1, 0.15) is 6.33 Å². The molecule has 0 saturated heterocycles. The number of hydrogen-bond donors (Lipinski definition) is 3. The van der Waals surface area contributed by atoms with E-state index in [9.17, 15) is 4.79 Å². The average Bonchev–Trinajstić information content (AvgIpc) is 2.96. The molecule has 1 amide bonds. The predicted molar refractivity (Wildman–Crippen MR) is 58.6 cm³/mol. The van der Waals surface area contributed by atoms with Gasteiger partial charge in [0.25, 0.3) is 5.91 Å². The summed E-state index contributed by atoms with van der Waals surface area (Å²) >= 11 is 0. The first-order chi connectivity index (χ1) is 7.81. The van der Waals surface area contributed by atoms with E-state index in [1.54, 1.807) is 0 Å². The van der Waals surface area contributed by atoms with Crippen molar-refractivity contribution in [2.75, 3.05) is 6.54 Å². The van der Waals surface area contributed by atoms with Crippen LogP contribution in [0.2, 0.25) is 0 Å². The Bertz CT molecular complexity index is 331. The van der Waals surface area contributed by atoms with Gasteiger partial charge in [-0.15, -0.1) is 0 Å². The summed E-state index contributed by atoms with van der Waals surface area (Å²) in [5, 5.41) is 9.10. The highest BCUT2D eigenvalue weighted by Gasteiger charge is 2.26. The molecule has 1 unspecified atom stereocenters. The molecule has 16 heavy (non-hydrogen) atoms. The summed E-state index contributed by atoms with van der Waals surface area (Å²) in [5.74, 6) is 0.535. The molecule has 0 spiro atoms. The van der Waals surface area contributed by atoms with Crippen molar-refractivity contribution in [3.63, 3.8) is 0 Å². The Kier molecular flexibility index (Phi) is 3.51. The monoisotopic (exact) mass is 223 g/mol. The molecule has 0 aromatic carbocycles. The van der Waals surface area contributed by atoms with E-state index >= 15 is 0 Å². The molecule has 0 aliphatic heterocycles. The third kappa shape index (κ3) is 2.38. The normalized spacial score (nSPS) is 18.6. The summed E-state index contributed by atoms with van der Waals surface area (Å²) in [6.07, 6.45) is 6.09. The van der Waals surface area contributed by atoms with Gasteiger partial charge in [-0.1, -0.05) is 12.8 Å². The van der Waals surface area contributed by atoms with Gasteiger partial charge < -0.3 is 11.1 Å². The van der Waals surface area contributed by atoms with E-state index in [1.807, 2.05) is 0 Å². The second kappa shape index (κ2) is 5.07. The molecule has 1 atom stereocenters. The average molecular weight is 223 g/mol.